The van der Waals surface area contributed by atoms with Gasteiger partial charge in [-0.2, -0.15) is 0 Å². The first-order valence-electron chi connectivity index (χ1n) is 4.54. The fourth-order valence-electron chi connectivity index (χ4n) is 1.05. The van der Waals surface area contributed by atoms with Crippen LogP contribution in [0, 0.1) is 0 Å². The monoisotopic (exact) mass is 214 g/mol. The number of rotatable bonds is 4. The van der Waals surface area contributed by atoms with Crippen LogP contribution >= 0.6 is 11.6 Å². The van der Waals surface area contributed by atoms with Gasteiger partial charge in [0.2, 0.25) is 0 Å². The second-order valence-corrected chi connectivity index (χ2v) is 3.63. The number of anilines is 1. The van der Waals surface area contributed by atoms with Crippen LogP contribution in [0.15, 0.2) is 18.3 Å². The molecule has 0 aliphatic carbocycles. The fourth-order valence-corrected chi connectivity index (χ4v) is 1.16. The van der Waals surface area contributed by atoms with Gasteiger partial charge in [-0.25, -0.2) is 4.98 Å². The number of hydrogen-bond donors (Lipinski definition) is 1. The molecule has 0 fully saturated rings. The van der Waals surface area contributed by atoms with E-state index in [0.29, 0.717) is 5.15 Å². The highest BCUT2D eigenvalue weighted by atomic mass is 35.5. The lowest BCUT2D eigenvalue weighted by Gasteiger charge is -2.20. The Kier molecular flexibility index (Phi) is 4.17. The summed E-state index contributed by atoms with van der Waals surface area (Å²) in [6, 6.07) is 3.89. The highest BCUT2D eigenvalue weighted by Gasteiger charge is 2.10. The molecule has 1 heterocycles. The van der Waals surface area contributed by atoms with E-state index in [1.807, 2.05) is 13.0 Å². The Hall–Kier alpha value is -0.800. The first-order chi connectivity index (χ1) is 6.63. The normalized spacial score (nSPS) is 14.9. The minimum atomic E-state index is 0.158. The number of aromatic nitrogens is 1. The van der Waals surface area contributed by atoms with Crippen molar-refractivity contribution in [1.29, 1.82) is 0 Å². The molecule has 0 saturated heterocycles. The van der Waals surface area contributed by atoms with Gasteiger partial charge in [-0.1, -0.05) is 11.6 Å². The van der Waals surface area contributed by atoms with Crippen molar-refractivity contribution in [1.82, 2.24) is 4.98 Å². The van der Waals surface area contributed by atoms with E-state index < -0.39 is 0 Å². The molecule has 0 bridgehead atoms. The van der Waals surface area contributed by atoms with E-state index >= 15 is 0 Å². The average molecular weight is 215 g/mol. The zero-order valence-corrected chi connectivity index (χ0v) is 9.38. The van der Waals surface area contributed by atoms with Crippen LogP contribution in [-0.2, 0) is 4.74 Å². The number of ether oxygens (including phenoxy) is 1. The Bertz CT molecular complexity index is 276. The molecule has 4 heteroatoms. The molecule has 2 unspecified atom stereocenters. The molecule has 0 aromatic carbocycles. The third kappa shape index (κ3) is 3.16. The molecular weight excluding hydrogens is 200 g/mol. The molecule has 2 atom stereocenters. The molecular formula is C10H15ClN2O. The summed E-state index contributed by atoms with van der Waals surface area (Å²) in [5.74, 6) is 0. The van der Waals surface area contributed by atoms with Crippen molar-refractivity contribution in [3.05, 3.63) is 23.5 Å². The largest absolute Gasteiger partial charge is 0.380 e. The maximum absolute atomic E-state index is 5.67. The van der Waals surface area contributed by atoms with Crippen LogP contribution in [0.5, 0.6) is 0 Å². The number of halogens is 1. The molecule has 0 aliphatic rings. The van der Waals surface area contributed by atoms with Crippen LogP contribution in [0.2, 0.25) is 5.15 Å². The van der Waals surface area contributed by atoms with Crippen LogP contribution in [-0.4, -0.2) is 24.2 Å². The zero-order valence-electron chi connectivity index (χ0n) is 8.62. The second-order valence-electron chi connectivity index (χ2n) is 3.24. The van der Waals surface area contributed by atoms with Gasteiger partial charge in [0.05, 0.1) is 18.0 Å². The van der Waals surface area contributed by atoms with Gasteiger partial charge in [0, 0.05) is 13.2 Å². The van der Waals surface area contributed by atoms with E-state index in [1.54, 1.807) is 19.4 Å². The van der Waals surface area contributed by atoms with Gasteiger partial charge in [-0.15, -0.1) is 0 Å². The minimum absolute atomic E-state index is 0.158. The average Bonchev–Trinajstić information content (AvgIpc) is 2.20. The lowest BCUT2D eigenvalue weighted by molar-refractivity contribution is 0.106. The first kappa shape index (κ1) is 11.3. The summed E-state index contributed by atoms with van der Waals surface area (Å²) < 4.78 is 5.20. The predicted octanol–water partition coefficient (Wildman–Crippen LogP) is 2.57. The maximum Gasteiger partial charge on any atom is 0.129 e. The third-order valence-corrected chi connectivity index (χ3v) is 2.42. The van der Waals surface area contributed by atoms with Crippen molar-refractivity contribution < 1.29 is 4.74 Å². The van der Waals surface area contributed by atoms with E-state index in [4.69, 9.17) is 16.3 Å². The Morgan fingerprint density at radius 2 is 2.14 bits per heavy atom. The standard InChI is InChI=1S/C10H15ClN2O/c1-7(8(2)14-3)13-9-4-5-10(11)12-6-9/h4-8,13H,1-3H3. The fraction of sp³-hybridized carbons (Fsp3) is 0.500. The number of pyridine rings is 1. The lowest BCUT2D eigenvalue weighted by Crippen LogP contribution is -2.29. The minimum Gasteiger partial charge on any atom is -0.380 e. The van der Waals surface area contributed by atoms with Crippen molar-refractivity contribution in [2.24, 2.45) is 0 Å². The molecule has 0 radical (unpaired) electrons. The van der Waals surface area contributed by atoms with Crippen LogP contribution < -0.4 is 5.32 Å². The van der Waals surface area contributed by atoms with E-state index in [9.17, 15) is 0 Å². The topological polar surface area (TPSA) is 34.1 Å². The molecule has 3 nitrogen and oxygen atoms in total. The second kappa shape index (κ2) is 5.17. The van der Waals surface area contributed by atoms with Crippen molar-refractivity contribution in [2.45, 2.75) is 26.0 Å². The molecule has 0 saturated carbocycles. The van der Waals surface area contributed by atoms with Gasteiger partial charge in [0.25, 0.3) is 0 Å². The SMILES string of the molecule is COC(C)C(C)Nc1ccc(Cl)nc1. The summed E-state index contributed by atoms with van der Waals surface area (Å²) in [5.41, 5.74) is 0.950. The van der Waals surface area contributed by atoms with Crippen molar-refractivity contribution in [3.8, 4) is 0 Å². The molecule has 1 rings (SSSR count). The van der Waals surface area contributed by atoms with Crippen molar-refractivity contribution in [2.75, 3.05) is 12.4 Å². The van der Waals surface area contributed by atoms with E-state index in [-0.39, 0.29) is 12.1 Å². The molecule has 78 valence electrons. The van der Waals surface area contributed by atoms with Gasteiger partial charge in [0.1, 0.15) is 5.15 Å². The van der Waals surface area contributed by atoms with Gasteiger partial charge in [-0.05, 0) is 26.0 Å². The summed E-state index contributed by atoms with van der Waals surface area (Å²) in [6.07, 6.45) is 1.87. The van der Waals surface area contributed by atoms with Gasteiger partial charge >= 0.3 is 0 Å². The summed E-state index contributed by atoms with van der Waals surface area (Å²) in [7, 11) is 1.70. The van der Waals surface area contributed by atoms with Crippen LogP contribution in [0.25, 0.3) is 0 Å². The Morgan fingerprint density at radius 3 is 2.64 bits per heavy atom. The summed E-state index contributed by atoms with van der Waals surface area (Å²) >= 11 is 5.67. The van der Waals surface area contributed by atoms with E-state index in [0.717, 1.165) is 5.69 Å². The smallest absolute Gasteiger partial charge is 0.129 e. The zero-order chi connectivity index (χ0) is 10.6. The number of methoxy groups -OCH3 is 1. The lowest BCUT2D eigenvalue weighted by atomic mass is 10.2. The Labute approximate surface area is 89.4 Å². The summed E-state index contributed by atoms with van der Waals surface area (Å²) in [4.78, 5) is 3.98. The molecule has 0 aliphatic heterocycles. The summed E-state index contributed by atoms with van der Waals surface area (Å²) in [5, 5.41) is 3.78. The van der Waals surface area contributed by atoms with E-state index in [1.165, 1.54) is 0 Å². The molecule has 0 amide bonds. The predicted molar refractivity (Wildman–Crippen MR) is 58.8 cm³/mol. The highest BCUT2D eigenvalue weighted by molar-refractivity contribution is 6.29. The molecule has 14 heavy (non-hydrogen) atoms. The Morgan fingerprint density at radius 1 is 1.43 bits per heavy atom. The number of nitrogens with one attached hydrogen (secondary N) is 1. The van der Waals surface area contributed by atoms with Crippen LogP contribution in [0.4, 0.5) is 5.69 Å². The Balaban J connectivity index is 2.56. The van der Waals surface area contributed by atoms with Gasteiger partial charge in [0.15, 0.2) is 0 Å². The highest BCUT2D eigenvalue weighted by Crippen LogP contribution is 2.12. The van der Waals surface area contributed by atoms with Gasteiger partial charge < -0.3 is 10.1 Å². The van der Waals surface area contributed by atoms with Gasteiger partial charge in [-0.3, -0.25) is 0 Å². The maximum atomic E-state index is 5.67. The van der Waals surface area contributed by atoms with Crippen LogP contribution in [0.1, 0.15) is 13.8 Å². The quantitative estimate of drug-likeness (QED) is 0.783. The molecule has 1 N–H and O–H groups in total. The van der Waals surface area contributed by atoms with Crippen molar-refractivity contribution >= 4 is 17.3 Å². The van der Waals surface area contributed by atoms with Crippen LogP contribution in [0.3, 0.4) is 0 Å². The molecule has 1 aromatic heterocycles. The number of hydrogen-bond acceptors (Lipinski definition) is 3. The summed E-state index contributed by atoms with van der Waals surface area (Å²) in [6.45, 7) is 4.07. The van der Waals surface area contributed by atoms with Crippen molar-refractivity contribution in [3.63, 3.8) is 0 Å². The van der Waals surface area contributed by atoms with E-state index in [2.05, 4.69) is 17.2 Å². The third-order valence-electron chi connectivity index (χ3n) is 2.20. The molecule has 1 aromatic rings. The number of nitrogens with zero attached hydrogens (tertiary/aromatic N) is 1. The first-order valence-corrected chi connectivity index (χ1v) is 4.92. The molecule has 0 spiro atoms.